The van der Waals surface area contributed by atoms with Gasteiger partial charge in [-0.25, -0.2) is 9.97 Å². The molecule has 4 nitrogen and oxygen atoms in total. The van der Waals surface area contributed by atoms with Crippen molar-refractivity contribution < 1.29 is 4.74 Å². The van der Waals surface area contributed by atoms with Gasteiger partial charge in [0, 0.05) is 18.5 Å². The van der Waals surface area contributed by atoms with Crippen molar-refractivity contribution in [1.82, 2.24) is 9.97 Å². The average molecular weight is 298 g/mol. The maximum atomic E-state index is 6.15. The van der Waals surface area contributed by atoms with Gasteiger partial charge in [-0.1, -0.05) is 31.4 Å². The molecule has 1 N–H and O–H groups in total. The predicted octanol–water partition coefficient (Wildman–Crippen LogP) is 3.76. The summed E-state index contributed by atoms with van der Waals surface area (Å²) in [6.07, 6.45) is 7.36. The first kappa shape index (κ1) is 15.5. The lowest BCUT2D eigenvalue weighted by Gasteiger charge is -2.14. The molecule has 1 aliphatic carbocycles. The van der Waals surface area contributed by atoms with E-state index in [1.807, 2.05) is 6.92 Å². The van der Waals surface area contributed by atoms with Crippen molar-refractivity contribution in [2.24, 2.45) is 0 Å². The summed E-state index contributed by atoms with van der Waals surface area (Å²) in [6, 6.07) is 0. The van der Waals surface area contributed by atoms with Crippen LogP contribution in [0.15, 0.2) is 0 Å². The topological polar surface area (TPSA) is 47.0 Å². The number of aromatic nitrogens is 2. The van der Waals surface area contributed by atoms with E-state index in [9.17, 15) is 0 Å². The van der Waals surface area contributed by atoms with Crippen LogP contribution in [-0.2, 0) is 11.2 Å². The molecule has 1 aromatic heterocycles. The molecule has 1 fully saturated rings. The van der Waals surface area contributed by atoms with Crippen molar-refractivity contribution in [2.75, 3.05) is 18.5 Å². The zero-order valence-electron chi connectivity index (χ0n) is 12.4. The van der Waals surface area contributed by atoms with Crippen LogP contribution in [0.4, 0.5) is 5.82 Å². The third kappa shape index (κ3) is 4.32. The van der Waals surface area contributed by atoms with E-state index in [4.69, 9.17) is 16.3 Å². The lowest BCUT2D eigenvalue weighted by atomic mass is 10.3. The fourth-order valence-corrected chi connectivity index (χ4v) is 2.68. The number of anilines is 1. The van der Waals surface area contributed by atoms with Crippen LogP contribution in [0.2, 0.25) is 5.15 Å². The molecule has 0 amide bonds. The molecule has 2 rings (SSSR count). The Morgan fingerprint density at radius 1 is 1.30 bits per heavy atom. The van der Waals surface area contributed by atoms with Crippen LogP contribution in [0.5, 0.6) is 0 Å². The van der Waals surface area contributed by atoms with Crippen LogP contribution in [0.25, 0.3) is 0 Å². The van der Waals surface area contributed by atoms with Crippen molar-refractivity contribution in [1.29, 1.82) is 0 Å². The Bertz CT molecular complexity index is 433. The second kappa shape index (κ2) is 7.79. The van der Waals surface area contributed by atoms with Gasteiger partial charge in [-0.15, -0.1) is 0 Å². The summed E-state index contributed by atoms with van der Waals surface area (Å²) in [5.41, 5.74) is 0.910. The summed E-state index contributed by atoms with van der Waals surface area (Å²) in [4.78, 5) is 8.83. The van der Waals surface area contributed by atoms with Crippen molar-refractivity contribution in [2.45, 2.75) is 58.5 Å². The summed E-state index contributed by atoms with van der Waals surface area (Å²) in [5.74, 6) is 1.64. The van der Waals surface area contributed by atoms with Gasteiger partial charge in [-0.2, -0.15) is 0 Å². The van der Waals surface area contributed by atoms with Crippen LogP contribution in [0, 0.1) is 6.92 Å². The van der Waals surface area contributed by atoms with Gasteiger partial charge in [-0.05, 0) is 26.2 Å². The lowest BCUT2D eigenvalue weighted by Crippen LogP contribution is -2.17. The van der Waals surface area contributed by atoms with E-state index >= 15 is 0 Å². The number of aryl methyl sites for hydroxylation is 1. The van der Waals surface area contributed by atoms with Crippen molar-refractivity contribution >= 4 is 17.4 Å². The quantitative estimate of drug-likeness (QED) is 0.615. The molecular weight excluding hydrogens is 274 g/mol. The summed E-state index contributed by atoms with van der Waals surface area (Å²) < 4.78 is 5.83. The van der Waals surface area contributed by atoms with Gasteiger partial charge in [0.05, 0.1) is 12.7 Å². The Kier molecular flexibility index (Phi) is 6.05. The molecule has 20 heavy (non-hydrogen) atoms. The largest absolute Gasteiger partial charge is 0.376 e. The smallest absolute Gasteiger partial charge is 0.137 e. The maximum Gasteiger partial charge on any atom is 0.137 e. The van der Waals surface area contributed by atoms with Crippen molar-refractivity contribution in [3.8, 4) is 0 Å². The van der Waals surface area contributed by atoms with Gasteiger partial charge in [0.15, 0.2) is 0 Å². The minimum Gasteiger partial charge on any atom is -0.376 e. The molecule has 1 saturated carbocycles. The molecule has 0 spiro atoms. The second-order valence-electron chi connectivity index (χ2n) is 5.36. The van der Waals surface area contributed by atoms with Crippen LogP contribution >= 0.6 is 11.6 Å². The Labute approximate surface area is 126 Å². The number of halogens is 1. The summed E-state index contributed by atoms with van der Waals surface area (Å²) in [7, 11) is 0. The van der Waals surface area contributed by atoms with E-state index < -0.39 is 0 Å². The highest BCUT2D eigenvalue weighted by Crippen LogP contribution is 2.22. The monoisotopic (exact) mass is 297 g/mol. The van der Waals surface area contributed by atoms with E-state index in [1.54, 1.807) is 0 Å². The summed E-state index contributed by atoms with van der Waals surface area (Å²) in [6.45, 7) is 5.53. The van der Waals surface area contributed by atoms with Gasteiger partial charge in [0.1, 0.15) is 16.8 Å². The Balaban J connectivity index is 1.84. The minimum absolute atomic E-state index is 0.461. The number of hydrogen-bond acceptors (Lipinski definition) is 4. The van der Waals surface area contributed by atoms with Crippen LogP contribution in [0.3, 0.4) is 0 Å². The van der Waals surface area contributed by atoms with Gasteiger partial charge < -0.3 is 10.1 Å². The molecule has 0 aromatic carbocycles. The fourth-order valence-electron chi connectivity index (χ4n) is 2.49. The number of nitrogens with one attached hydrogen (secondary N) is 1. The number of nitrogens with zero attached hydrogens (tertiary/aromatic N) is 2. The van der Waals surface area contributed by atoms with Crippen LogP contribution in [-0.4, -0.2) is 29.2 Å². The van der Waals surface area contributed by atoms with Crippen LogP contribution in [0.1, 0.15) is 50.4 Å². The Morgan fingerprint density at radius 2 is 2.05 bits per heavy atom. The highest BCUT2D eigenvalue weighted by molar-refractivity contribution is 6.30. The summed E-state index contributed by atoms with van der Waals surface area (Å²) >= 11 is 6.15. The second-order valence-corrected chi connectivity index (χ2v) is 5.72. The molecule has 112 valence electrons. The first-order valence-corrected chi connectivity index (χ1v) is 7.97. The van der Waals surface area contributed by atoms with Gasteiger partial charge >= 0.3 is 0 Å². The summed E-state index contributed by atoms with van der Waals surface area (Å²) in [5, 5.41) is 3.86. The molecule has 1 aliphatic rings. The molecule has 5 heteroatoms. The van der Waals surface area contributed by atoms with Gasteiger partial charge in [-0.3, -0.25) is 0 Å². The molecule has 0 bridgehead atoms. The molecular formula is C15H24ClN3O. The minimum atomic E-state index is 0.461. The van der Waals surface area contributed by atoms with Gasteiger partial charge in [0.2, 0.25) is 0 Å². The van der Waals surface area contributed by atoms with Crippen molar-refractivity contribution in [3.63, 3.8) is 0 Å². The molecule has 0 unspecified atom stereocenters. The third-order valence-corrected chi connectivity index (χ3v) is 4.02. The molecule has 0 saturated heterocycles. The SMILES string of the molecule is CCCc1nc(Cl)c(C)c(NCCOC2CCCC2)n1. The fraction of sp³-hybridized carbons (Fsp3) is 0.733. The molecule has 0 radical (unpaired) electrons. The first-order chi connectivity index (χ1) is 9.70. The Morgan fingerprint density at radius 3 is 2.75 bits per heavy atom. The number of ether oxygens (including phenoxy) is 1. The maximum absolute atomic E-state index is 6.15. The first-order valence-electron chi connectivity index (χ1n) is 7.59. The van der Waals surface area contributed by atoms with Crippen molar-refractivity contribution in [3.05, 3.63) is 16.5 Å². The zero-order valence-corrected chi connectivity index (χ0v) is 13.2. The van der Waals surface area contributed by atoms with E-state index in [-0.39, 0.29) is 0 Å². The predicted molar refractivity (Wildman–Crippen MR) is 82.5 cm³/mol. The van der Waals surface area contributed by atoms with E-state index in [2.05, 4.69) is 22.2 Å². The number of hydrogen-bond donors (Lipinski definition) is 1. The highest BCUT2D eigenvalue weighted by atomic mass is 35.5. The average Bonchev–Trinajstić information content (AvgIpc) is 2.93. The van der Waals surface area contributed by atoms with Gasteiger partial charge in [0.25, 0.3) is 0 Å². The van der Waals surface area contributed by atoms with E-state index in [0.29, 0.717) is 11.3 Å². The standard InChI is InChI=1S/C15H24ClN3O/c1-3-6-13-18-14(16)11(2)15(19-13)17-9-10-20-12-7-4-5-8-12/h12H,3-10H2,1-2H3,(H,17,18,19). The number of rotatable bonds is 7. The zero-order chi connectivity index (χ0) is 14.4. The molecule has 1 heterocycles. The third-order valence-electron chi connectivity index (χ3n) is 3.66. The normalized spacial score (nSPS) is 15.8. The molecule has 0 aliphatic heterocycles. The lowest BCUT2D eigenvalue weighted by molar-refractivity contribution is 0.0658. The molecule has 1 aromatic rings. The highest BCUT2D eigenvalue weighted by Gasteiger charge is 2.15. The van der Waals surface area contributed by atoms with Crippen LogP contribution < -0.4 is 5.32 Å². The van der Waals surface area contributed by atoms with E-state index in [0.717, 1.165) is 43.2 Å². The Hall–Kier alpha value is -0.870. The molecule has 0 atom stereocenters. The van der Waals surface area contributed by atoms with E-state index in [1.165, 1.54) is 25.7 Å².